The summed E-state index contributed by atoms with van der Waals surface area (Å²) in [4.78, 5) is 15.2. The third-order valence-corrected chi connectivity index (χ3v) is 3.72. The van der Waals surface area contributed by atoms with E-state index in [4.69, 9.17) is 0 Å². The first-order valence-corrected chi connectivity index (χ1v) is 6.58. The van der Waals surface area contributed by atoms with Crippen LogP contribution in [0.3, 0.4) is 0 Å². The topological polar surface area (TPSA) is 68.7 Å². The summed E-state index contributed by atoms with van der Waals surface area (Å²) in [5, 5.41) is 12.3. The minimum atomic E-state index is -0.799. The summed E-state index contributed by atoms with van der Waals surface area (Å²) in [6.45, 7) is 0.492. The van der Waals surface area contributed by atoms with Crippen molar-refractivity contribution < 1.29 is 4.79 Å². The Morgan fingerprint density at radius 1 is 1.39 bits per heavy atom. The first kappa shape index (κ1) is 12.7. The number of hydrogen-bond donors (Lipinski definition) is 2. The Morgan fingerprint density at radius 3 is 2.67 bits per heavy atom. The maximum Gasteiger partial charge on any atom is 0.240 e. The van der Waals surface area contributed by atoms with Gasteiger partial charge in [0.2, 0.25) is 5.91 Å². The van der Waals surface area contributed by atoms with Gasteiger partial charge in [-0.1, -0.05) is 25.7 Å². The molecule has 2 N–H and O–H groups in total. The number of carbonyl (C=O) groups is 1. The van der Waals surface area contributed by atoms with Crippen LogP contribution in [0.1, 0.15) is 44.1 Å². The fourth-order valence-electron chi connectivity index (χ4n) is 2.54. The van der Waals surface area contributed by atoms with E-state index in [1.165, 1.54) is 0 Å². The van der Waals surface area contributed by atoms with Gasteiger partial charge in [-0.3, -0.25) is 4.79 Å². The third kappa shape index (κ3) is 2.73. The minimum absolute atomic E-state index is 0.104. The average Bonchev–Trinajstić information content (AvgIpc) is 2.79. The minimum Gasteiger partial charge on any atom is -0.367 e. The fraction of sp³-hybridized carbons (Fsp3) is 0.571. The van der Waals surface area contributed by atoms with Crippen molar-refractivity contribution in [3.8, 4) is 6.07 Å². The molecule has 0 aromatic carbocycles. The second kappa shape index (κ2) is 5.72. The van der Waals surface area contributed by atoms with E-state index in [1.54, 1.807) is 0 Å². The van der Waals surface area contributed by atoms with Crippen LogP contribution in [0.5, 0.6) is 0 Å². The standard InChI is InChI=1S/C14H19N3O/c15-11-14(6-3-1-2-4-7-14)13(18)17-10-12-5-8-16-9-12/h5,8-9,16H,1-4,6-7,10H2,(H,17,18). The molecule has 4 nitrogen and oxygen atoms in total. The molecule has 2 rings (SSSR count). The van der Waals surface area contributed by atoms with Crippen molar-refractivity contribution in [3.05, 3.63) is 24.0 Å². The molecule has 1 heterocycles. The molecule has 1 aliphatic rings. The Morgan fingerprint density at radius 2 is 2.11 bits per heavy atom. The molecule has 1 amide bonds. The summed E-state index contributed by atoms with van der Waals surface area (Å²) < 4.78 is 0. The smallest absolute Gasteiger partial charge is 0.240 e. The second-order valence-electron chi connectivity index (χ2n) is 5.01. The van der Waals surface area contributed by atoms with Crippen LogP contribution in [0.2, 0.25) is 0 Å². The van der Waals surface area contributed by atoms with Gasteiger partial charge < -0.3 is 10.3 Å². The van der Waals surface area contributed by atoms with Crippen molar-refractivity contribution in [2.75, 3.05) is 0 Å². The van der Waals surface area contributed by atoms with Crippen molar-refractivity contribution in [2.45, 2.75) is 45.1 Å². The summed E-state index contributed by atoms with van der Waals surface area (Å²) in [5.41, 5.74) is 0.234. The van der Waals surface area contributed by atoms with Gasteiger partial charge >= 0.3 is 0 Å². The Bertz CT molecular complexity index is 422. The van der Waals surface area contributed by atoms with E-state index in [0.29, 0.717) is 19.4 Å². The Balaban J connectivity index is 1.98. The van der Waals surface area contributed by atoms with Gasteiger partial charge in [0.05, 0.1) is 6.07 Å². The molecule has 1 aromatic heterocycles. The van der Waals surface area contributed by atoms with E-state index in [2.05, 4.69) is 16.4 Å². The van der Waals surface area contributed by atoms with E-state index in [1.807, 2.05) is 18.5 Å². The number of nitriles is 1. The fourth-order valence-corrected chi connectivity index (χ4v) is 2.54. The SMILES string of the molecule is N#CC1(C(=O)NCc2cc[nH]c2)CCCCCC1. The number of aromatic amines is 1. The number of amides is 1. The van der Waals surface area contributed by atoms with Crippen molar-refractivity contribution in [1.29, 1.82) is 5.26 Å². The first-order chi connectivity index (χ1) is 8.77. The van der Waals surface area contributed by atoms with Crippen molar-refractivity contribution >= 4 is 5.91 Å². The molecule has 18 heavy (non-hydrogen) atoms. The second-order valence-corrected chi connectivity index (χ2v) is 5.01. The first-order valence-electron chi connectivity index (χ1n) is 6.58. The number of hydrogen-bond acceptors (Lipinski definition) is 2. The molecule has 0 bridgehead atoms. The molecular weight excluding hydrogens is 226 g/mol. The van der Waals surface area contributed by atoms with Crippen LogP contribution in [0.4, 0.5) is 0 Å². The van der Waals surface area contributed by atoms with Crippen LogP contribution >= 0.6 is 0 Å². The lowest BCUT2D eigenvalue weighted by Crippen LogP contribution is -2.39. The number of aromatic nitrogens is 1. The number of carbonyl (C=O) groups excluding carboxylic acids is 1. The summed E-state index contributed by atoms with van der Waals surface area (Å²) in [5.74, 6) is -0.104. The predicted octanol–water partition coefficient (Wildman–Crippen LogP) is 2.50. The number of H-pyrrole nitrogens is 1. The molecule has 0 atom stereocenters. The van der Waals surface area contributed by atoms with E-state index in [9.17, 15) is 10.1 Å². The molecular formula is C14H19N3O. The third-order valence-electron chi connectivity index (χ3n) is 3.72. The Hall–Kier alpha value is -1.76. The highest BCUT2D eigenvalue weighted by Crippen LogP contribution is 2.34. The van der Waals surface area contributed by atoms with Gasteiger partial charge in [0.15, 0.2) is 0 Å². The molecule has 4 heteroatoms. The van der Waals surface area contributed by atoms with Crippen LogP contribution < -0.4 is 5.32 Å². The zero-order valence-corrected chi connectivity index (χ0v) is 10.5. The van der Waals surface area contributed by atoms with Gasteiger partial charge in [0.1, 0.15) is 5.41 Å². The number of nitrogens with one attached hydrogen (secondary N) is 2. The normalized spacial score (nSPS) is 18.6. The molecule has 1 aliphatic carbocycles. The maximum absolute atomic E-state index is 12.3. The van der Waals surface area contributed by atoms with E-state index < -0.39 is 5.41 Å². The summed E-state index contributed by atoms with van der Waals surface area (Å²) in [7, 11) is 0. The summed E-state index contributed by atoms with van der Waals surface area (Å²) in [6, 6.07) is 4.19. The van der Waals surface area contributed by atoms with E-state index in [0.717, 1.165) is 31.2 Å². The Kier molecular flexibility index (Phi) is 4.03. The van der Waals surface area contributed by atoms with Crippen LogP contribution in [-0.2, 0) is 11.3 Å². The molecule has 1 aromatic rings. The quantitative estimate of drug-likeness (QED) is 0.803. The lowest BCUT2D eigenvalue weighted by Gasteiger charge is -2.23. The molecule has 0 spiro atoms. The highest BCUT2D eigenvalue weighted by Gasteiger charge is 2.38. The van der Waals surface area contributed by atoms with Crippen LogP contribution in [0.15, 0.2) is 18.5 Å². The van der Waals surface area contributed by atoms with Crippen LogP contribution in [-0.4, -0.2) is 10.9 Å². The monoisotopic (exact) mass is 245 g/mol. The molecule has 0 unspecified atom stereocenters. The lowest BCUT2D eigenvalue weighted by molar-refractivity contribution is -0.129. The highest BCUT2D eigenvalue weighted by atomic mass is 16.2. The van der Waals surface area contributed by atoms with Gasteiger partial charge in [-0.2, -0.15) is 5.26 Å². The number of nitrogens with zero attached hydrogens (tertiary/aromatic N) is 1. The molecule has 0 aliphatic heterocycles. The van der Waals surface area contributed by atoms with Crippen LogP contribution in [0, 0.1) is 16.7 Å². The van der Waals surface area contributed by atoms with Gasteiger partial charge in [-0.05, 0) is 24.5 Å². The highest BCUT2D eigenvalue weighted by molar-refractivity contribution is 5.85. The maximum atomic E-state index is 12.3. The van der Waals surface area contributed by atoms with Crippen LogP contribution in [0.25, 0.3) is 0 Å². The molecule has 0 saturated heterocycles. The molecule has 0 radical (unpaired) electrons. The summed E-state index contributed by atoms with van der Waals surface area (Å²) in [6.07, 6.45) is 9.30. The largest absolute Gasteiger partial charge is 0.367 e. The van der Waals surface area contributed by atoms with E-state index in [-0.39, 0.29) is 5.91 Å². The van der Waals surface area contributed by atoms with E-state index >= 15 is 0 Å². The predicted molar refractivity (Wildman–Crippen MR) is 68.4 cm³/mol. The molecule has 1 saturated carbocycles. The van der Waals surface area contributed by atoms with Gasteiger partial charge in [-0.25, -0.2) is 0 Å². The number of rotatable bonds is 3. The molecule has 96 valence electrons. The Labute approximate surface area is 107 Å². The average molecular weight is 245 g/mol. The molecule has 1 fully saturated rings. The zero-order valence-electron chi connectivity index (χ0n) is 10.5. The van der Waals surface area contributed by atoms with Gasteiger partial charge in [0.25, 0.3) is 0 Å². The van der Waals surface area contributed by atoms with Crippen molar-refractivity contribution in [3.63, 3.8) is 0 Å². The zero-order chi connectivity index (χ0) is 12.8. The summed E-state index contributed by atoms with van der Waals surface area (Å²) >= 11 is 0. The van der Waals surface area contributed by atoms with Crippen molar-refractivity contribution in [2.24, 2.45) is 5.41 Å². The van der Waals surface area contributed by atoms with Crippen molar-refractivity contribution in [1.82, 2.24) is 10.3 Å². The van der Waals surface area contributed by atoms with Gasteiger partial charge in [0, 0.05) is 18.9 Å². The van der Waals surface area contributed by atoms with Gasteiger partial charge in [-0.15, -0.1) is 0 Å². The lowest BCUT2D eigenvalue weighted by atomic mass is 9.81.